The van der Waals surface area contributed by atoms with E-state index in [0.717, 1.165) is 12.1 Å². The Morgan fingerprint density at radius 3 is 2.50 bits per heavy atom. The lowest BCUT2D eigenvalue weighted by Gasteiger charge is -2.20. The number of nitrogens with one attached hydrogen (secondary N) is 1. The maximum Gasteiger partial charge on any atom is 0.416 e. The maximum atomic E-state index is 12.7. The molecule has 0 radical (unpaired) electrons. The van der Waals surface area contributed by atoms with Gasteiger partial charge in [0.2, 0.25) is 0 Å². The number of carboxylic acid groups (broad SMARTS) is 1. The molecule has 28 heavy (non-hydrogen) atoms. The van der Waals surface area contributed by atoms with Crippen molar-refractivity contribution in [2.75, 3.05) is 18.4 Å². The molecule has 7 nitrogen and oxygen atoms in total. The first kappa shape index (κ1) is 19.7. The number of alkyl halides is 3. The molecule has 10 heteroatoms. The molecule has 1 aromatic heterocycles. The van der Waals surface area contributed by atoms with Gasteiger partial charge in [-0.1, -0.05) is 12.1 Å². The SMILES string of the molecule is CC1(C(=O)O)CCN(C(=O)Nc2ccnn2Cc2ccc(C(F)(F)F)cc2)C1. The number of aliphatic carboxylic acids is 1. The molecular weight excluding hydrogens is 377 g/mol. The Labute approximate surface area is 158 Å². The summed E-state index contributed by atoms with van der Waals surface area (Å²) in [7, 11) is 0. The molecule has 3 rings (SSSR count). The van der Waals surface area contributed by atoms with Gasteiger partial charge in [0.15, 0.2) is 0 Å². The zero-order valence-corrected chi connectivity index (χ0v) is 15.0. The Balaban J connectivity index is 1.66. The van der Waals surface area contributed by atoms with E-state index < -0.39 is 29.2 Å². The van der Waals surface area contributed by atoms with E-state index in [0.29, 0.717) is 24.3 Å². The van der Waals surface area contributed by atoms with Crippen LogP contribution in [0.1, 0.15) is 24.5 Å². The molecule has 2 aromatic rings. The largest absolute Gasteiger partial charge is 0.481 e. The average molecular weight is 396 g/mol. The molecule has 1 atom stereocenters. The Morgan fingerprint density at radius 2 is 1.93 bits per heavy atom. The van der Waals surface area contributed by atoms with E-state index in [-0.39, 0.29) is 13.1 Å². The maximum absolute atomic E-state index is 12.7. The number of anilines is 1. The Morgan fingerprint density at radius 1 is 1.25 bits per heavy atom. The summed E-state index contributed by atoms with van der Waals surface area (Å²) in [5.41, 5.74) is -1.12. The molecular formula is C18H19F3N4O3. The lowest BCUT2D eigenvalue weighted by Crippen LogP contribution is -2.37. The van der Waals surface area contributed by atoms with Crippen LogP contribution in [0.4, 0.5) is 23.8 Å². The Kier molecular flexibility index (Phi) is 5.05. The number of aromatic nitrogens is 2. The fourth-order valence-corrected chi connectivity index (χ4v) is 3.03. The van der Waals surface area contributed by atoms with E-state index in [9.17, 15) is 27.9 Å². The van der Waals surface area contributed by atoms with Gasteiger partial charge in [-0.15, -0.1) is 0 Å². The summed E-state index contributed by atoms with van der Waals surface area (Å²) < 4.78 is 39.4. The fraction of sp³-hybridized carbons (Fsp3) is 0.389. The zero-order valence-electron chi connectivity index (χ0n) is 15.0. The van der Waals surface area contributed by atoms with Crippen LogP contribution >= 0.6 is 0 Å². The number of benzene rings is 1. The number of hydrogen-bond acceptors (Lipinski definition) is 3. The molecule has 2 amide bonds. The Bertz CT molecular complexity index is 879. The number of carboxylic acids is 1. The topological polar surface area (TPSA) is 87.5 Å². The normalized spacial score (nSPS) is 19.6. The predicted octanol–water partition coefficient (Wildman–Crippen LogP) is 3.28. The predicted molar refractivity (Wildman–Crippen MR) is 93.7 cm³/mol. The third-order valence-electron chi connectivity index (χ3n) is 4.84. The number of rotatable bonds is 4. The van der Waals surface area contributed by atoms with Crippen LogP contribution in [0.3, 0.4) is 0 Å². The molecule has 1 aliphatic rings. The van der Waals surface area contributed by atoms with Crippen molar-refractivity contribution < 1.29 is 27.9 Å². The minimum absolute atomic E-state index is 0.0984. The van der Waals surface area contributed by atoms with Crippen molar-refractivity contribution >= 4 is 17.8 Å². The van der Waals surface area contributed by atoms with Gasteiger partial charge in [-0.3, -0.25) is 10.1 Å². The van der Waals surface area contributed by atoms with Gasteiger partial charge in [0.1, 0.15) is 5.82 Å². The second-order valence-electron chi connectivity index (χ2n) is 7.04. The molecule has 1 aromatic carbocycles. The molecule has 0 spiro atoms. The highest BCUT2D eigenvalue weighted by molar-refractivity contribution is 5.89. The number of carbonyl (C=O) groups is 2. The third-order valence-corrected chi connectivity index (χ3v) is 4.84. The van der Waals surface area contributed by atoms with Gasteiger partial charge in [-0.2, -0.15) is 18.3 Å². The van der Waals surface area contributed by atoms with Gasteiger partial charge in [0, 0.05) is 19.2 Å². The van der Waals surface area contributed by atoms with Gasteiger partial charge in [-0.25, -0.2) is 9.48 Å². The number of carbonyl (C=O) groups excluding carboxylic acids is 1. The van der Waals surface area contributed by atoms with E-state index in [1.54, 1.807) is 13.0 Å². The fourth-order valence-electron chi connectivity index (χ4n) is 3.03. The first-order valence-corrected chi connectivity index (χ1v) is 8.56. The number of amides is 2. The summed E-state index contributed by atoms with van der Waals surface area (Å²) in [5, 5.41) is 16.0. The first-order chi connectivity index (χ1) is 13.1. The highest BCUT2D eigenvalue weighted by atomic mass is 19.4. The molecule has 1 saturated heterocycles. The molecule has 0 saturated carbocycles. The number of halogens is 3. The van der Waals surface area contributed by atoms with Crippen molar-refractivity contribution in [3.05, 3.63) is 47.7 Å². The zero-order chi connectivity index (χ0) is 20.5. The summed E-state index contributed by atoms with van der Waals surface area (Å²) in [6.45, 7) is 2.19. The van der Waals surface area contributed by atoms with Crippen molar-refractivity contribution in [1.29, 1.82) is 0 Å². The molecule has 150 valence electrons. The van der Waals surface area contributed by atoms with E-state index in [1.807, 2.05) is 0 Å². The minimum atomic E-state index is -4.40. The van der Waals surface area contributed by atoms with Crippen molar-refractivity contribution in [3.8, 4) is 0 Å². The van der Waals surface area contributed by atoms with E-state index in [1.165, 1.54) is 27.9 Å². The highest BCUT2D eigenvalue weighted by Gasteiger charge is 2.42. The molecule has 0 bridgehead atoms. The van der Waals surface area contributed by atoms with Gasteiger partial charge < -0.3 is 10.0 Å². The monoisotopic (exact) mass is 396 g/mol. The summed E-state index contributed by atoms with van der Waals surface area (Å²) in [6.07, 6.45) is -2.57. The number of urea groups is 1. The lowest BCUT2D eigenvalue weighted by atomic mass is 9.90. The number of hydrogen-bond donors (Lipinski definition) is 2. The van der Waals surface area contributed by atoms with E-state index in [2.05, 4.69) is 10.4 Å². The van der Waals surface area contributed by atoms with Crippen molar-refractivity contribution in [2.45, 2.75) is 26.1 Å². The molecule has 2 heterocycles. The van der Waals surface area contributed by atoms with Crippen molar-refractivity contribution in [2.24, 2.45) is 5.41 Å². The van der Waals surface area contributed by atoms with Crippen LogP contribution in [0.5, 0.6) is 0 Å². The standard InChI is InChI=1S/C18H19F3N4O3/c1-17(15(26)27)7-9-24(11-17)16(28)23-14-6-8-22-25(14)10-12-2-4-13(5-3-12)18(19,20)21/h2-6,8H,7,9-11H2,1H3,(H,23,28)(H,26,27). The van der Waals surface area contributed by atoms with Crippen molar-refractivity contribution in [3.63, 3.8) is 0 Å². The molecule has 2 N–H and O–H groups in total. The van der Waals surface area contributed by atoms with Crippen LogP contribution in [0.2, 0.25) is 0 Å². The third kappa shape index (κ3) is 4.10. The van der Waals surface area contributed by atoms with Crippen LogP contribution in [0, 0.1) is 5.41 Å². The van der Waals surface area contributed by atoms with E-state index in [4.69, 9.17) is 0 Å². The van der Waals surface area contributed by atoms with Gasteiger partial charge >= 0.3 is 18.2 Å². The first-order valence-electron chi connectivity index (χ1n) is 8.56. The van der Waals surface area contributed by atoms with Crippen molar-refractivity contribution in [1.82, 2.24) is 14.7 Å². The van der Waals surface area contributed by atoms with Crippen LogP contribution < -0.4 is 5.32 Å². The summed E-state index contributed by atoms with van der Waals surface area (Å²) in [4.78, 5) is 25.2. The van der Waals surface area contributed by atoms with Gasteiger partial charge in [-0.05, 0) is 31.0 Å². The van der Waals surface area contributed by atoms with Gasteiger partial charge in [0.25, 0.3) is 0 Å². The quantitative estimate of drug-likeness (QED) is 0.830. The van der Waals surface area contributed by atoms with Crippen LogP contribution in [0.15, 0.2) is 36.5 Å². The second kappa shape index (κ2) is 7.17. The lowest BCUT2D eigenvalue weighted by molar-refractivity contribution is -0.147. The van der Waals surface area contributed by atoms with Gasteiger partial charge in [0.05, 0.1) is 23.7 Å². The van der Waals surface area contributed by atoms with Crippen LogP contribution in [-0.2, 0) is 17.5 Å². The molecule has 1 aliphatic heterocycles. The number of likely N-dealkylation sites (tertiary alicyclic amines) is 1. The molecule has 1 unspecified atom stereocenters. The van der Waals surface area contributed by atoms with Crippen LogP contribution in [0.25, 0.3) is 0 Å². The molecule has 1 fully saturated rings. The smallest absolute Gasteiger partial charge is 0.416 e. The second-order valence-corrected chi connectivity index (χ2v) is 7.04. The Hall–Kier alpha value is -3.04. The highest BCUT2D eigenvalue weighted by Crippen LogP contribution is 2.31. The summed E-state index contributed by atoms with van der Waals surface area (Å²) >= 11 is 0. The summed E-state index contributed by atoms with van der Waals surface area (Å²) in [5.74, 6) is -0.580. The number of nitrogens with zero attached hydrogens (tertiary/aromatic N) is 3. The molecule has 0 aliphatic carbocycles. The van der Waals surface area contributed by atoms with Crippen LogP contribution in [-0.4, -0.2) is 44.9 Å². The average Bonchev–Trinajstić information content (AvgIpc) is 3.22. The minimum Gasteiger partial charge on any atom is -0.481 e. The summed E-state index contributed by atoms with van der Waals surface area (Å²) in [6, 6.07) is 5.82. The van der Waals surface area contributed by atoms with E-state index >= 15 is 0 Å².